The molecule has 0 saturated heterocycles. The van der Waals surface area contributed by atoms with Crippen molar-refractivity contribution in [3.05, 3.63) is 48.0 Å². The minimum absolute atomic E-state index is 0.0807. The molecule has 6 heteroatoms. The second-order valence-corrected chi connectivity index (χ2v) is 6.68. The maximum Gasteiger partial charge on any atom is 0.261 e. The lowest BCUT2D eigenvalue weighted by molar-refractivity contribution is 0.409. The van der Waals surface area contributed by atoms with E-state index >= 15 is 0 Å². The van der Waals surface area contributed by atoms with Crippen molar-refractivity contribution in [2.75, 3.05) is 7.11 Å². The molecule has 106 valence electrons. The van der Waals surface area contributed by atoms with Gasteiger partial charge in [0.25, 0.3) is 9.05 Å². The van der Waals surface area contributed by atoms with Gasteiger partial charge in [0.05, 0.1) is 12.0 Å². The highest BCUT2D eigenvalue weighted by Gasteiger charge is 2.13. The summed E-state index contributed by atoms with van der Waals surface area (Å²) in [6, 6.07) is 11.7. The monoisotopic (exact) mass is 312 g/mol. The van der Waals surface area contributed by atoms with Crippen LogP contribution in [0, 0.1) is 6.92 Å². The highest BCUT2D eigenvalue weighted by molar-refractivity contribution is 8.13. The van der Waals surface area contributed by atoms with Crippen LogP contribution in [0.25, 0.3) is 0 Å². The van der Waals surface area contributed by atoms with Crippen molar-refractivity contribution < 1.29 is 17.9 Å². The van der Waals surface area contributed by atoms with Crippen molar-refractivity contribution >= 4 is 19.7 Å². The largest absolute Gasteiger partial charge is 0.497 e. The van der Waals surface area contributed by atoms with Gasteiger partial charge in [0.15, 0.2) is 0 Å². The third-order valence-corrected chi connectivity index (χ3v) is 4.17. The van der Waals surface area contributed by atoms with E-state index in [1.54, 1.807) is 50.4 Å². The van der Waals surface area contributed by atoms with Gasteiger partial charge in [0.1, 0.15) is 17.2 Å². The first kappa shape index (κ1) is 14.7. The molecule has 2 aromatic carbocycles. The van der Waals surface area contributed by atoms with Gasteiger partial charge in [-0.15, -0.1) is 0 Å². The average molecular weight is 313 g/mol. The summed E-state index contributed by atoms with van der Waals surface area (Å²) in [7, 11) is 3.17. The molecule has 0 aliphatic carbocycles. The molecule has 0 fully saturated rings. The number of hydrogen-bond acceptors (Lipinski definition) is 4. The standard InChI is InChI=1S/C14H13ClO4S/c1-10-8-13(6-7-14(10)20(15,16)17)19-12-5-3-4-11(9-12)18-2/h3-9H,1-2H3. The van der Waals surface area contributed by atoms with Crippen LogP contribution in [-0.2, 0) is 9.05 Å². The van der Waals surface area contributed by atoms with Gasteiger partial charge in [-0.3, -0.25) is 0 Å². The number of ether oxygens (including phenoxy) is 2. The number of rotatable bonds is 4. The summed E-state index contributed by atoms with van der Waals surface area (Å²) in [5.74, 6) is 1.81. The molecule has 0 unspecified atom stereocenters. The van der Waals surface area contributed by atoms with E-state index in [1.807, 2.05) is 0 Å². The summed E-state index contributed by atoms with van der Waals surface area (Å²) in [6.07, 6.45) is 0. The molecule has 0 aliphatic heterocycles. The van der Waals surface area contributed by atoms with E-state index in [0.717, 1.165) is 0 Å². The molecule has 0 aliphatic rings. The van der Waals surface area contributed by atoms with E-state index < -0.39 is 9.05 Å². The normalized spacial score (nSPS) is 11.2. The molecular weight excluding hydrogens is 300 g/mol. The molecular formula is C14H13ClO4S. The fourth-order valence-corrected chi connectivity index (χ4v) is 2.95. The van der Waals surface area contributed by atoms with Crippen molar-refractivity contribution in [3.63, 3.8) is 0 Å². The van der Waals surface area contributed by atoms with Gasteiger partial charge in [-0.1, -0.05) is 6.07 Å². The van der Waals surface area contributed by atoms with Crippen LogP contribution in [0.15, 0.2) is 47.4 Å². The van der Waals surface area contributed by atoms with Crippen LogP contribution in [0.2, 0.25) is 0 Å². The van der Waals surface area contributed by atoms with E-state index in [4.69, 9.17) is 20.2 Å². The molecule has 0 bridgehead atoms. The lowest BCUT2D eigenvalue weighted by Gasteiger charge is -2.09. The summed E-state index contributed by atoms with van der Waals surface area (Å²) in [5, 5.41) is 0. The Labute approximate surface area is 122 Å². The van der Waals surface area contributed by atoms with E-state index in [9.17, 15) is 8.42 Å². The first-order chi connectivity index (χ1) is 9.40. The fourth-order valence-electron chi connectivity index (χ4n) is 1.76. The van der Waals surface area contributed by atoms with E-state index in [0.29, 0.717) is 22.8 Å². The molecule has 0 radical (unpaired) electrons. The molecule has 0 spiro atoms. The zero-order valence-corrected chi connectivity index (χ0v) is 12.5. The predicted molar refractivity (Wildman–Crippen MR) is 77.3 cm³/mol. The zero-order chi connectivity index (χ0) is 14.8. The van der Waals surface area contributed by atoms with E-state index in [2.05, 4.69) is 0 Å². The number of aryl methyl sites for hydroxylation is 1. The molecule has 0 saturated carbocycles. The first-order valence-corrected chi connectivity index (χ1v) is 8.08. The third kappa shape index (κ3) is 3.43. The van der Waals surface area contributed by atoms with Crippen molar-refractivity contribution in [3.8, 4) is 17.2 Å². The fraction of sp³-hybridized carbons (Fsp3) is 0.143. The van der Waals surface area contributed by atoms with Gasteiger partial charge in [0, 0.05) is 16.7 Å². The van der Waals surface area contributed by atoms with Crippen LogP contribution in [0.3, 0.4) is 0 Å². The average Bonchev–Trinajstić information content (AvgIpc) is 2.37. The first-order valence-electron chi connectivity index (χ1n) is 5.77. The number of hydrogen-bond donors (Lipinski definition) is 0. The number of halogens is 1. The zero-order valence-electron chi connectivity index (χ0n) is 11.0. The van der Waals surface area contributed by atoms with Gasteiger partial charge in [-0.25, -0.2) is 8.42 Å². The van der Waals surface area contributed by atoms with Crippen molar-refractivity contribution in [2.45, 2.75) is 11.8 Å². The third-order valence-electron chi connectivity index (χ3n) is 2.69. The lowest BCUT2D eigenvalue weighted by Crippen LogP contribution is -1.95. The van der Waals surface area contributed by atoms with Crippen molar-refractivity contribution in [2.24, 2.45) is 0 Å². The Bertz CT molecular complexity index is 726. The van der Waals surface area contributed by atoms with Gasteiger partial charge < -0.3 is 9.47 Å². The quantitative estimate of drug-likeness (QED) is 0.807. The highest BCUT2D eigenvalue weighted by Crippen LogP contribution is 2.28. The summed E-state index contributed by atoms with van der Waals surface area (Å²) < 4.78 is 33.4. The van der Waals surface area contributed by atoms with Crippen molar-refractivity contribution in [1.82, 2.24) is 0 Å². The van der Waals surface area contributed by atoms with Crippen LogP contribution in [-0.4, -0.2) is 15.5 Å². The Morgan fingerprint density at radius 1 is 1.00 bits per heavy atom. The van der Waals surface area contributed by atoms with Gasteiger partial charge in [-0.2, -0.15) is 0 Å². The lowest BCUT2D eigenvalue weighted by atomic mass is 10.2. The van der Waals surface area contributed by atoms with Gasteiger partial charge >= 0.3 is 0 Å². The van der Waals surface area contributed by atoms with Crippen LogP contribution in [0.5, 0.6) is 17.2 Å². The SMILES string of the molecule is COc1cccc(Oc2ccc(S(=O)(=O)Cl)c(C)c2)c1. The second kappa shape index (κ2) is 5.73. The molecule has 20 heavy (non-hydrogen) atoms. The summed E-state index contributed by atoms with van der Waals surface area (Å²) >= 11 is 0. The van der Waals surface area contributed by atoms with E-state index in [1.165, 1.54) is 6.07 Å². The number of benzene rings is 2. The Morgan fingerprint density at radius 2 is 1.65 bits per heavy atom. The minimum atomic E-state index is -3.74. The Kier molecular flexibility index (Phi) is 4.20. The molecule has 2 rings (SSSR count). The van der Waals surface area contributed by atoms with E-state index in [-0.39, 0.29) is 4.90 Å². The van der Waals surface area contributed by atoms with Crippen LogP contribution in [0.1, 0.15) is 5.56 Å². The van der Waals surface area contributed by atoms with Crippen LogP contribution >= 0.6 is 10.7 Å². The van der Waals surface area contributed by atoms with Gasteiger partial charge in [0.2, 0.25) is 0 Å². The van der Waals surface area contributed by atoms with Crippen LogP contribution in [0.4, 0.5) is 0 Å². The Balaban J connectivity index is 2.29. The molecule has 0 atom stereocenters. The maximum atomic E-state index is 11.3. The minimum Gasteiger partial charge on any atom is -0.497 e. The summed E-state index contributed by atoms with van der Waals surface area (Å²) in [6.45, 7) is 1.66. The predicted octanol–water partition coefficient (Wildman–Crippen LogP) is 3.72. The molecule has 2 aromatic rings. The summed E-state index contributed by atoms with van der Waals surface area (Å²) in [5.41, 5.74) is 0.528. The number of methoxy groups -OCH3 is 1. The smallest absolute Gasteiger partial charge is 0.261 e. The Hall–Kier alpha value is -1.72. The maximum absolute atomic E-state index is 11.3. The molecule has 0 heterocycles. The van der Waals surface area contributed by atoms with Gasteiger partial charge in [-0.05, 0) is 42.8 Å². The molecule has 0 aromatic heterocycles. The second-order valence-electron chi connectivity index (χ2n) is 4.15. The summed E-state index contributed by atoms with van der Waals surface area (Å²) in [4.78, 5) is 0.0807. The molecule has 4 nitrogen and oxygen atoms in total. The van der Waals surface area contributed by atoms with Crippen molar-refractivity contribution in [1.29, 1.82) is 0 Å². The molecule has 0 amide bonds. The topological polar surface area (TPSA) is 52.6 Å². The molecule has 0 N–H and O–H groups in total. The van der Waals surface area contributed by atoms with Crippen LogP contribution < -0.4 is 9.47 Å². The Morgan fingerprint density at radius 3 is 2.25 bits per heavy atom. The highest BCUT2D eigenvalue weighted by atomic mass is 35.7.